The Hall–Kier alpha value is -3.17. The minimum atomic E-state index is -0.584. The fraction of sp³-hybridized carbons (Fsp3) is 0.300. The first-order valence-electron chi connectivity index (χ1n) is 9.21. The zero-order chi connectivity index (χ0) is 21.8. The number of piperazine rings is 1. The minimum Gasteiger partial charge on any atom is -0.465 e. The molecule has 0 bridgehead atoms. The lowest BCUT2D eigenvalue weighted by atomic mass is 10.1. The van der Waals surface area contributed by atoms with Crippen LogP contribution >= 0.6 is 11.6 Å². The topological polar surface area (TPSA) is 105 Å². The van der Waals surface area contributed by atoms with Crippen LogP contribution in [-0.2, 0) is 4.74 Å². The van der Waals surface area contributed by atoms with E-state index in [0.717, 1.165) is 37.9 Å². The monoisotopic (exact) mass is 432 g/mol. The van der Waals surface area contributed by atoms with Gasteiger partial charge in [0.05, 0.1) is 39.6 Å². The van der Waals surface area contributed by atoms with Gasteiger partial charge in [-0.15, -0.1) is 0 Å². The standard InChI is InChI=1S/C20H21ClN4O5/c1-23-7-9-24(10-8-23)18-6-3-13(20(27)30-2)11-17(18)22-19(26)15-5-4-14(25(28)29)12-16(15)21/h3-6,11-12H,7-10H2,1-2H3,(H,22,26). The Labute approximate surface area is 178 Å². The predicted molar refractivity (Wildman–Crippen MR) is 114 cm³/mol. The molecule has 10 heteroatoms. The zero-order valence-corrected chi connectivity index (χ0v) is 17.3. The lowest BCUT2D eigenvalue weighted by Crippen LogP contribution is -2.44. The molecule has 0 atom stereocenters. The summed E-state index contributed by atoms with van der Waals surface area (Å²) in [6.07, 6.45) is 0. The molecule has 2 aromatic carbocycles. The number of non-ortho nitro benzene ring substituents is 1. The van der Waals surface area contributed by atoms with Gasteiger partial charge >= 0.3 is 5.97 Å². The van der Waals surface area contributed by atoms with E-state index >= 15 is 0 Å². The van der Waals surface area contributed by atoms with Crippen molar-refractivity contribution in [3.8, 4) is 0 Å². The number of nitro benzene ring substituents is 1. The summed E-state index contributed by atoms with van der Waals surface area (Å²) in [5, 5.41) is 13.6. The van der Waals surface area contributed by atoms with Gasteiger partial charge in [-0.3, -0.25) is 14.9 Å². The number of amides is 1. The third-order valence-corrected chi connectivity index (χ3v) is 5.23. The Balaban J connectivity index is 1.93. The van der Waals surface area contributed by atoms with Crippen LogP contribution in [0.2, 0.25) is 5.02 Å². The number of benzene rings is 2. The number of nitrogens with zero attached hydrogens (tertiary/aromatic N) is 3. The van der Waals surface area contributed by atoms with Crippen LogP contribution in [0.5, 0.6) is 0 Å². The van der Waals surface area contributed by atoms with Gasteiger partial charge in [0.25, 0.3) is 11.6 Å². The highest BCUT2D eigenvalue weighted by atomic mass is 35.5. The Morgan fingerprint density at radius 1 is 1.13 bits per heavy atom. The molecule has 1 amide bonds. The molecule has 9 nitrogen and oxygen atoms in total. The summed E-state index contributed by atoms with van der Waals surface area (Å²) < 4.78 is 4.78. The molecule has 1 saturated heterocycles. The summed E-state index contributed by atoms with van der Waals surface area (Å²) in [5.74, 6) is -1.06. The van der Waals surface area contributed by atoms with Crippen molar-refractivity contribution in [2.24, 2.45) is 0 Å². The van der Waals surface area contributed by atoms with Gasteiger partial charge in [0.2, 0.25) is 0 Å². The maximum atomic E-state index is 12.8. The molecule has 0 saturated carbocycles. The molecular weight excluding hydrogens is 412 g/mol. The summed E-state index contributed by atoms with van der Waals surface area (Å²) >= 11 is 6.09. The van der Waals surface area contributed by atoms with E-state index in [1.54, 1.807) is 18.2 Å². The second-order valence-electron chi connectivity index (χ2n) is 6.89. The van der Waals surface area contributed by atoms with Crippen LogP contribution in [0.1, 0.15) is 20.7 Å². The highest BCUT2D eigenvalue weighted by molar-refractivity contribution is 6.34. The molecule has 1 N–H and O–H groups in total. The van der Waals surface area contributed by atoms with E-state index in [4.69, 9.17) is 16.3 Å². The van der Waals surface area contributed by atoms with Crippen LogP contribution < -0.4 is 10.2 Å². The number of rotatable bonds is 5. The van der Waals surface area contributed by atoms with Gasteiger partial charge in [0, 0.05) is 38.3 Å². The molecule has 0 unspecified atom stereocenters. The Morgan fingerprint density at radius 2 is 1.83 bits per heavy atom. The van der Waals surface area contributed by atoms with Gasteiger partial charge in [-0.1, -0.05) is 11.6 Å². The molecule has 3 rings (SSSR count). The molecule has 0 radical (unpaired) electrons. The van der Waals surface area contributed by atoms with E-state index in [2.05, 4.69) is 15.1 Å². The zero-order valence-electron chi connectivity index (χ0n) is 16.6. The normalized spacial score (nSPS) is 14.3. The second kappa shape index (κ2) is 9.10. The average Bonchev–Trinajstić information content (AvgIpc) is 2.73. The van der Waals surface area contributed by atoms with Gasteiger partial charge in [0.1, 0.15) is 0 Å². The maximum Gasteiger partial charge on any atom is 0.337 e. The first-order chi connectivity index (χ1) is 14.3. The third-order valence-electron chi connectivity index (χ3n) is 4.92. The Morgan fingerprint density at radius 3 is 2.43 bits per heavy atom. The number of likely N-dealkylation sites (N-methyl/N-ethyl adjacent to an activating group) is 1. The van der Waals surface area contributed by atoms with Gasteiger partial charge in [-0.2, -0.15) is 0 Å². The van der Waals surface area contributed by atoms with Gasteiger partial charge in [-0.25, -0.2) is 4.79 Å². The van der Waals surface area contributed by atoms with Crippen molar-refractivity contribution < 1.29 is 19.2 Å². The number of ether oxygens (including phenoxy) is 1. The van der Waals surface area contributed by atoms with Crippen LogP contribution in [-0.4, -0.2) is 62.0 Å². The van der Waals surface area contributed by atoms with Crippen molar-refractivity contribution in [3.05, 3.63) is 62.7 Å². The van der Waals surface area contributed by atoms with E-state index in [0.29, 0.717) is 11.3 Å². The molecule has 2 aromatic rings. The molecule has 1 aliphatic heterocycles. The summed E-state index contributed by atoms with van der Waals surface area (Å²) in [7, 11) is 3.32. The van der Waals surface area contributed by atoms with Crippen LogP contribution in [0.25, 0.3) is 0 Å². The smallest absolute Gasteiger partial charge is 0.337 e. The number of nitrogens with one attached hydrogen (secondary N) is 1. The van der Waals surface area contributed by atoms with Crippen molar-refractivity contribution in [2.75, 3.05) is 50.6 Å². The number of anilines is 2. The SMILES string of the molecule is COC(=O)c1ccc(N2CCN(C)CC2)c(NC(=O)c2ccc([N+](=O)[O-])cc2Cl)c1. The van der Waals surface area contributed by atoms with Crippen molar-refractivity contribution in [1.29, 1.82) is 0 Å². The van der Waals surface area contributed by atoms with E-state index in [-0.39, 0.29) is 16.3 Å². The highest BCUT2D eigenvalue weighted by Gasteiger charge is 2.21. The summed E-state index contributed by atoms with van der Waals surface area (Å²) in [6.45, 7) is 3.24. The molecule has 1 aliphatic rings. The van der Waals surface area contributed by atoms with E-state index < -0.39 is 16.8 Å². The highest BCUT2D eigenvalue weighted by Crippen LogP contribution is 2.30. The number of hydrogen-bond acceptors (Lipinski definition) is 7. The molecule has 1 heterocycles. The van der Waals surface area contributed by atoms with Crippen molar-refractivity contribution in [1.82, 2.24) is 4.90 Å². The largest absolute Gasteiger partial charge is 0.465 e. The maximum absolute atomic E-state index is 12.8. The second-order valence-corrected chi connectivity index (χ2v) is 7.30. The van der Waals surface area contributed by atoms with Gasteiger partial charge in [0.15, 0.2) is 0 Å². The van der Waals surface area contributed by atoms with Crippen LogP contribution in [0.15, 0.2) is 36.4 Å². The molecule has 1 fully saturated rings. The fourth-order valence-electron chi connectivity index (χ4n) is 3.20. The van der Waals surface area contributed by atoms with Crippen molar-refractivity contribution in [2.45, 2.75) is 0 Å². The Kier molecular flexibility index (Phi) is 6.53. The third kappa shape index (κ3) is 4.69. The van der Waals surface area contributed by atoms with Gasteiger partial charge in [-0.05, 0) is 31.3 Å². The average molecular weight is 433 g/mol. The summed E-state index contributed by atoms with van der Waals surface area (Å²) in [6, 6.07) is 8.61. The van der Waals surface area contributed by atoms with Crippen molar-refractivity contribution >= 4 is 40.5 Å². The van der Waals surface area contributed by atoms with E-state index in [1.807, 2.05) is 7.05 Å². The molecule has 158 valence electrons. The number of hydrogen-bond donors (Lipinski definition) is 1. The van der Waals surface area contributed by atoms with E-state index in [1.165, 1.54) is 19.2 Å². The van der Waals surface area contributed by atoms with Crippen LogP contribution in [0, 0.1) is 10.1 Å². The molecule has 0 aromatic heterocycles. The Bertz CT molecular complexity index is 989. The number of carbonyl (C=O) groups is 2. The number of nitro groups is 1. The van der Waals surface area contributed by atoms with E-state index in [9.17, 15) is 19.7 Å². The molecular formula is C20H21ClN4O5. The lowest BCUT2D eigenvalue weighted by molar-refractivity contribution is -0.384. The number of esters is 1. The number of methoxy groups -OCH3 is 1. The van der Waals surface area contributed by atoms with Crippen LogP contribution in [0.3, 0.4) is 0 Å². The summed E-state index contributed by atoms with van der Waals surface area (Å²) in [4.78, 5) is 39.4. The predicted octanol–water partition coefficient (Wildman–Crippen LogP) is 3.04. The molecule has 0 aliphatic carbocycles. The number of carbonyl (C=O) groups excluding carboxylic acids is 2. The molecule has 0 spiro atoms. The quantitative estimate of drug-likeness (QED) is 0.439. The lowest BCUT2D eigenvalue weighted by Gasteiger charge is -2.35. The first-order valence-corrected chi connectivity index (χ1v) is 9.59. The first kappa shape index (κ1) is 21.5. The van der Waals surface area contributed by atoms with Gasteiger partial charge < -0.3 is 19.9 Å². The fourth-order valence-corrected chi connectivity index (χ4v) is 3.46. The number of halogens is 1. The van der Waals surface area contributed by atoms with Crippen molar-refractivity contribution in [3.63, 3.8) is 0 Å². The minimum absolute atomic E-state index is 0.0352. The summed E-state index contributed by atoms with van der Waals surface area (Å²) in [5.41, 5.74) is 1.38. The molecule has 30 heavy (non-hydrogen) atoms. The van der Waals surface area contributed by atoms with Crippen LogP contribution in [0.4, 0.5) is 17.1 Å².